The summed E-state index contributed by atoms with van der Waals surface area (Å²) in [7, 11) is -2.75. The smallest absolute Gasteiger partial charge is 0.111 e. The maximum Gasteiger partial charge on any atom is 0.111 e. The number of rotatable bonds is 6. The zero-order valence-corrected chi connectivity index (χ0v) is 18.6. The van der Waals surface area contributed by atoms with Crippen molar-refractivity contribution in [3.05, 3.63) is 91.0 Å². The van der Waals surface area contributed by atoms with E-state index < -0.39 is 15.3 Å². The molecule has 0 atom stereocenters. The van der Waals surface area contributed by atoms with E-state index in [1.54, 1.807) is 0 Å². The Bertz CT molecular complexity index is 686. The van der Waals surface area contributed by atoms with Crippen molar-refractivity contribution in [1.29, 1.82) is 0 Å². The van der Waals surface area contributed by atoms with E-state index in [1.165, 1.54) is 28.1 Å². The topological polar surface area (TPSA) is 0 Å². The molecule has 0 aliphatic heterocycles. The minimum absolute atomic E-state index is 0. The van der Waals surface area contributed by atoms with Crippen LogP contribution in [-0.2, 0) is 0 Å². The van der Waals surface area contributed by atoms with Gasteiger partial charge in [-0.2, -0.15) is 0 Å². The van der Waals surface area contributed by atoms with Crippen LogP contribution >= 0.6 is 7.26 Å². The average Bonchev–Trinajstić information content (AvgIpc) is 2.64. The lowest BCUT2D eigenvalue weighted by molar-refractivity contribution is -0.00000522. The largest absolute Gasteiger partial charge is 1.00 e. The molecule has 0 nitrogen and oxygen atoms in total. The molecule has 0 spiro atoms. The summed E-state index contributed by atoms with van der Waals surface area (Å²) >= 11 is 0. The Morgan fingerprint density at radius 2 is 0.885 bits per heavy atom. The van der Waals surface area contributed by atoms with Crippen LogP contribution in [0.3, 0.4) is 0 Å². The summed E-state index contributed by atoms with van der Waals surface area (Å²) < 4.78 is 0. The number of halogens is 1. The minimum atomic E-state index is -1.61. The van der Waals surface area contributed by atoms with Gasteiger partial charge < -0.3 is 12.4 Å². The Labute approximate surface area is 166 Å². The normalized spacial score (nSPS) is 11.7. The van der Waals surface area contributed by atoms with Gasteiger partial charge in [0.25, 0.3) is 0 Å². The third-order valence-electron chi connectivity index (χ3n) is 4.79. The molecule has 0 unspecified atom stereocenters. The Morgan fingerprint density at radius 3 is 1.15 bits per heavy atom. The fourth-order valence-electron chi connectivity index (χ4n) is 3.39. The summed E-state index contributed by atoms with van der Waals surface area (Å²) in [6.45, 7) is 7.47. The van der Waals surface area contributed by atoms with Crippen molar-refractivity contribution in [2.24, 2.45) is 0 Å². The van der Waals surface area contributed by atoms with Crippen LogP contribution in [-0.4, -0.2) is 14.2 Å². The number of hydrogen-bond acceptors (Lipinski definition) is 0. The Kier molecular flexibility index (Phi) is 7.23. The summed E-state index contributed by atoms with van der Waals surface area (Å²) in [5, 5.41) is 4.52. The van der Waals surface area contributed by atoms with Gasteiger partial charge in [-0.15, -0.1) is 0 Å². The molecule has 0 aromatic heterocycles. The van der Waals surface area contributed by atoms with Crippen molar-refractivity contribution in [3.63, 3.8) is 0 Å². The van der Waals surface area contributed by atoms with Gasteiger partial charge in [-0.3, -0.25) is 0 Å². The van der Waals surface area contributed by atoms with Crippen molar-refractivity contribution >= 4 is 31.2 Å². The van der Waals surface area contributed by atoms with Crippen molar-refractivity contribution in [1.82, 2.24) is 0 Å². The Hall–Kier alpha value is -1.40. The van der Waals surface area contributed by atoms with E-state index in [9.17, 15) is 0 Å². The van der Waals surface area contributed by atoms with Crippen LogP contribution in [0.25, 0.3) is 0 Å². The summed E-state index contributed by atoms with van der Waals surface area (Å²) in [4.78, 5) is 0. The van der Waals surface area contributed by atoms with Gasteiger partial charge in [0.1, 0.15) is 23.2 Å². The second kappa shape index (κ2) is 9.00. The number of benzene rings is 3. The molecule has 26 heavy (non-hydrogen) atoms. The molecule has 0 aliphatic rings. The second-order valence-electron chi connectivity index (χ2n) is 7.85. The molecule has 0 radical (unpaired) electrons. The second-order valence-corrected chi connectivity index (χ2v) is 17.1. The van der Waals surface area contributed by atoms with E-state index in [-0.39, 0.29) is 12.4 Å². The van der Waals surface area contributed by atoms with Crippen LogP contribution in [0, 0.1) is 0 Å². The van der Waals surface area contributed by atoms with Crippen LogP contribution < -0.4 is 28.3 Å². The van der Waals surface area contributed by atoms with Crippen LogP contribution in [0.2, 0.25) is 25.7 Å². The monoisotopic (exact) mass is 398 g/mol. The molecule has 136 valence electrons. The van der Waals surface area contributed by atoms with Crippen LogP contribution in [0.15, 0.2) is 91.0 Å². The molecule has 3 heteroatoms. The molecule has 0 aliphatic carbocycles. The predicted molar refractivity (Wildman–Crippen MR) is 118 cm³/mol. The molecule has 0 saturated heterocycles. The van der Waals surface area contributed by atoms with E-state index in [0.717, 1.165) is 0 Å². The molecule has 3 rings (SSSR count). The maximum absolute atomic E-state index is 2.49. The van der Waals surface area contributed by atoms with Crippen molar-refractivity contribution in [3.8, 4) is 0 Å². The molecule has 0 amide bonds. The first-order chi connectivity index (χ1) is 12.0. The highest BCUT2D eigenvalue weighted by atomic mass is 35.5. The molecular weight excluding hydrogens is 371 g/mol. The molecule has 3 aromatic rings. The van der Waals surface area contributed by atoms with Gasteiger partial charge in [-0.05, 0) is 42.4 Å². The van der Waals surface area contributed by atoms with Gasteiger partial charge >= 0.3 is 0 Å². The lowest BCUT2D eigenvalue weighted by Crippen LogP contribution is -3.00. The van der Waals surface area contributed by atoms with Crippen LogP contribution in [0.4, 0.5) is 0 Å². The highest BCUT2D eigenvalue weighted by Crippen LogP contribution is 2.56. The van der Waals surface area contributed by atoms with E-state index in [0.29, 0.717) is 0 Å². The lowest BCUT2D eigenvalue weighted by atomic mass is 10.4. The van der Waals surface area contributed by atoms with E-state index in [2.05, 4.69) is 111 Å². The standard InChI is InChI=1S/C23H28PSi.ClH/c1-25(2,3)20-19-24(21-13-7-4-8-14-21,22-15-9-5-10-16-22)23-17-11-6-12-18-23;/h4-18H,19-20H2,1-3H3;1H/q+1;/p-1. The van der Waals surface area contributed by atoms with Crippen LogP contribution in [0.1, 0.15) is 0 Å². The summed E-state index contributed by atoms with van der Waals surface area (Å²) in [5.74, 6) is 0. The zero-order chi connectivity index (χ0) is 17.8. The molecule has 0 fully saturated rings. The van der Waals surface area contributed by atoms with Crippen molar-refractivity contribution in [2.75, 3.05) is 6.16 Å². The van der Waals surface area contributed by atoms with E-state index in [1.807, 2.05) is 0 Å². The first-order valence-electron chi connectivity index (χ1n) is 9.07. The zero-order valence-electron chi connectivity index (χ0n) is 15.9. The van der Waals surface area contributed by atoms with Gasteiger partial charge in [0.05, 0.1) is 6.16 Å². The fourth-order valence-corrected chi connectivity index (χ4v) is 11.1. The van der Waals surface area contributed by atoms with E-state index >= 15 is 0 Å². The predicted octanol–water partition coefficient (Wildman–Crippen LogP) is 2.32. The summed E-state index contributed by atoms with van der Waals surface area (Å²) in [5.41, 5.74) is 0. The minimum Gasteiger partial charge on any atom is -1.00 e. The lowest BCUT2D eigenvalue weighted by Gasteiger charge is -2.30. The fraction of sp³-hybridized carbons (Fsp3) is 0.217. The first-order valence-corrected chi connectivity index (χ1v) is 14.8. The molecular formula is C23H28ClPSi. The summed E-state index contributed by atoms with van der Waals surface area (Å²) in [6, 6.07) is 35.0. The van der Waals surface area contributed by atoms with Gasteiger partial charge in [-0.1, -0.05) is 74.2 Å². The Morgan fingerprint density at radius 1 is 0.577 bits per heavy atom. The SMILES string of the molecule is C[Si](C)(C)CC[P+](c1ccccc1)(c1ccccc1)c1ccccc1.[Cl-]. The number of hydrogen-bond donors (Lipinski definition) is 0. The summed E-state index contributed by atoms with van der Waals surface area (Å²) in [6.07, 6.45) is 1.26. The first kappa shape index (κ1) is 20.9. The van der Waals surface area contributed by atoms with Crippen LogP contribution in [0.5, 0.6) is 0 Å². The van der Waals surface area contributed by atoms with Crippen molar-refractivity contribution < 1.29 is 12.4 Å². The molecule has 0 heterocycles. The third-order valence-corrected chi connectivity index (χ3v) is 11.4. The van der Waals surface area contributed by atoms with Gasteiger partial charge in [-0.25, -0.2) is 0 Å². The maximum atomic E-state index is 2.49. The van der Waals surface area contributed by atoms with E-state index in [4.69, 9.17) is 0 Å². The molecule has 0 N–H and O–H groups in total. The third kappa shape index (κ3) is 4.65. The highest BCUT2D eigenvalue weighted by molar-refractivity contribution is 7.95. The molecule has 0 bridgehead atoms. The Balaban J connectivity index is 0.00000243. The molecule has 0 saturated carbocycles. The van der Waals surface area contributed by atoms with Crippen molar-refractivity contribution in [2.45, 2.75) is 25.7 Å². The molecule has 3 aromatic carbocycles. The van der Waals surface area contributed by atoms with Gasteiger partial charge in [0.2, 0.25) is 0 Å². The average molecular weight is 399 g/mol. The van der Waals surface area contributed by atoms with Gasteiger partial charge in [0, 0.05) is 8.07 Å². The van der Waals surface area contributed by atoms with Gasteiger partial charge in [0.15, 0.2) is 0 Å². The quantitative estimate of drug-likeness (QED) is 0.441. The highest BCUT2D eigenvalue weighted by Gasteiger charge is 2.45.